The molecule has 4 heteroatoms. The van der Waals surface area contributed by atoms with Crippen LogP contribution in [0.5, 0.6) is 0 Å². The van der Waals surface area contributed by atoms with E-state index in [9.17, 15) is 10.1 Å². The number of nitrogens with zero attached hydrogens (tertiary/aromatic N) is 1. The number of nitro groups is 1. The van der Waals surface area contributed by atoms with Crippen LogP contribution >= 0.6 is 0 Å². The van der Waals surface area contributed by atoms with Crippen molar-refractivity contribution in [2.45, 2.75) is 39.8 Å². The molecule has 0 bridgehead atoms. The molecule has 94 valence electrons. The molecular formula is C13H20N2O2. The van der Waals surface area contributed by atoms with Crippen molar-refractivity contribution < 1.29 is 4.92 Å². The van der Waals surface area contributed by atoms with Gasteiger partial charge >= 0.3 is 0 Å². The summed E-state index contributed by atoms with van der Waals surface area (Å²) >= 11 is 0. The molecule has 0 spiro atoms. The van der Waals surface area contributed by atoms with Crippen LogP contribution in [0.25, 0.3) is 0 Å². The number of para-hydroxylation sites is 1. The first-order valence-corrected chi connectivity index (χ1v) is 6.02. The summed E-state index contributed by atoms with van der Waals surface area (Å²) in [6, 6.07) is 7.23. The fraction of sp³-hybridized carbons (Fsp3) is 0.538. The second-order valence-corrected chi connectivity index (χ2v) is 4.44. The van der Waals surface area contributed by atoms with Crippen molar-refractivity contribution in [1.29, 1.82) is 0 Å². The van der Waals surface area contributed by atoms with Crippen molar-refractivity contribution in [1.82, 2.24) is 5.32 Å². The third-order valence-corrected chi connectivity index (χ3v) is 3.30. The summed E-state index contributed by atoms with van der Waals surface area (Å²) in [5.74, 6) is 0.567. The van der Waals surface area contributed by atoms with Gasteiger partial charge in [0.25, 0.3) is 5.69 Å². The third kappa shape index (κ3) is 3.82. The summed E-state index contributed by atoms with van der Waals surface area (Å²) in [5.41, 5.74) is 0.934. The average molecular weight is 236 g/mol. The van der Waals surface area contributed by atoms with Gasteiger partial charge in [-0.2, -0.15) is 0 Å². The maximum Gasteiger partial charge on any atom is 0.273 e. The molecule has 1 rings (SSSR count). The Morgan fingerprint density at radius 3 is 2.59 bits per heavy atom. The molecule has 2 unspecified atom stereocenters. The highest BCUT2D eigenvalue weighted by Crippen LogP contribution is 2.18. The highest BCUT2D eigenvalue weighted by atomic mass is 16.6. The van der Waals surface area contributed by atoms with Gasteiger partial charge in [-0.15, -0.1) is 0 Å². The van der Waals surface area contributed by atoms with Crippen LogP contribution in [0.2, 0.25) is 0 Å². The molecule has 4 nitrogen and oxygen atoms in total. The van der Waals surface area contributed by atoms with Crippen molar-refractivity contribution >= 4 is 5.69 Å². The predicted molar refractivity (Wildman–Crippen MR) is 68.9 cm³/mol. The Kier molecular flexibility index (Phi) is 5.10. The summed E-state index contributed by atoms with van der Waals surface area (Å²) in [6.45, 7) is 6.98. The largest absolute Gasteiger partial charge is 0.310 e. The average Bonchev–Trinajstić information content (AvgIpc) is 2.35. The molecule has 0 aromatic heterocycles. The van der Waals surface area contributed by atoms with Crippen LogP contribution in [-0.2, 0) is 6.54 Å². The predicted octanol–water partition coefficient (Wildman–Crippen LogP) is 3.12. The second kappa shape index (κ2) is 6.35. The zero-order valence-electron chi connectivity index (χ0n) is 10.6. The van der Waals surface area contributed by atoms with E-state index in [0.29, 0.717) is 18.5 Å². The number of rotatable bonds is 6. The first-order valence-electron chi connectivity index (χ1n) is 6.02. The smallest absolute Gasteiger partial charge is 0.273 e. The third-order valence-electron chi connectivity index (χ3n) is 3.30. The van der Waals surface area contributed by atoms with E-state index in [2.05, 4.69) is 26.1 Å². The van der Waals surface area contributed by atoms with E-state index in [0.717, 1.165) is 12.0 Å². The number of hydrogen-bond acceptors (Lipinski definition) is 3. The lowest BCUT2D eigenvalue weighted by molar-refractivity contribution is -0.385. The SMILES string of the molecule is CCC(C)C(C)NCc1ccccc1[N+](=O)[O-]. The zero-order valence-corrected chi connectivity index (χ0v) is 10.6. The summed E-state index contributed by atoms with van der Waals surface area (Å²) in [4.78, 5) is 10.5. The first-order chi connectivity index (χ1) is 8.06. The fourth-order valence-electron chi connectivity index (χ4n) is 1.66. The van der Waals surface area contributed by atoms with E-state index in [1.54, 1.807) is 18.2 Å². The first kappa shape index (κ1) is 13.6. The van der Waals surface area contributed by atoms with E-state index in [4.69, 9.17) is 0 Å². The minimum Gasteiger partial charge on any atom is -0.310 e. The quantitative estimate of drug-likeness (QED) is 0.610. The lowest BCUT2D eigenvalue weighted by Crippen LogP contribution is -2.31. The molecule has 2 atom stereocenters. The minimum atomic E-state index is -0.328. The molecular weight excluding hydrogens is 216 g/mol. The van der Waals surface area contributed by atoms with Gasteiger partial charge in [0.1, 0.15) is 0 Å². The van der Waals surface area contributed by atoms with E-state index < -0.39 is 0 Å². The Morgan fingerprint density at radius 2 is 2.00 bits per heavy atom. The maximum absolute atomic E-state index is 10.8. The Bertz CT molecular complexity index is 379. The Morgan fingerprint density at radius 1 is 1.35 bits per heavy atom. The molecule has 0 aliphatic rings. The second-order valence-electron chi connectivity index (χ2n) is 4.44. The Balaban J connectivity index is 2.66. The highest BCUT2D eigenvalue weighted by Gasteiger charge is 2.14. The highest BCUT2D eigenvalue weighted by molar-refractivity contribution is 5.39. The standard InChI is InChI=1S/C13H20N2O2/c1-4-10(2)11(3)14-9-12-7-5-6-8-13(12)15(16)17/h5-8,10-11,14H,4,9H2,1-3H3. The molecule has 0 heterocycles. The summed E-state index contributed by atoms with van der Waals surface area (Å²) < 4.78 is 0. The molecule has 0 radical (unpaired) electrons. The van der Waals surface area contributed by atoms with Gasteiger partial charge in [0, 0.05) is 24.2 Å². The summed E-state index contributed by atoms with van der Waals surface area (Å²) in [7, 11) is 0. The monoisotopic (exact) mass is 236 g/mol. The van der Waals surface area contributed by atoms with Crippen LogP contribution in [0.4, 0.5) is 5.69 Å². The van der Waals surface area contributed by atoms with E-state index in [1.807, 2.05) is 6.07 Å². The topological polar surface area (TPSA) is 55.2 Å². The molecule has 0 aliphatic carbocycles. The van der Waals surface area contributed by atoms with Crippen molar-refractivity contribution in [3.8, 4) is 0 Å². The Labute approximate surface area is 102 Å². The van der Waals surface area contributed by atoms with Crippen LogP contribution in [0.15, 0.2) is 24.3 Å². The van der Waals surface area contributed by atoms with Crippen molar-refractivity contribution in [2.75, 3.05) is 0 Å². The van der Waals surface area contributed by atoms with Crippen LogP contribution in [-0.4, -0.2) is 11.0 Å². The van der Waals surface area contributed by atoms with Crippen LogP contribution in [0.3, 0.4) is 0 Å². The number of nitrogens with one attached hydrogen (secondary N) is 1. The lowest BCUT2D eigenvalue weighted by Gasteiger charge is -2.19. The van der Waals surface area contributed by atoms with Gasteiger partial charge in [0.15, 0.2) is 0 Å². The molecule has 0 fully saturated rings. The molecule has 17 heavy (non-hydrogen) atoms. The number of nitro benzene ring substituents is 1. The molecule has 0 saturated heterocycles. The van der Waals surface area contributed by atoms with E-state index in [1.165, 1.54) is 0 Å². The van der Waals surface area contributed by atoms with Crippen LogP contribution < -0.4 is 5.32 Å². The van der Waals surface area contributed by atoms with Gasteiger partial charge in [0.05, 0.1) is 4.92 Å². The minimum absolute atomic E-state index is 0.191. The lowest BCUT2D eigenvalue weighted by atomic mass is 10.0. The molecule has 0 aliphatic heterocycles. The number of hydrogen-bond donors (Lipinski definition) is 1. The van der Waals surface area contributed by atoms with Gasteiger partial charge in [0.2, 0.25) is 0 Å². The van der Waals surface area contributed by atoms with Gasteiger partial charge in [-0.25, -0.2) is 0 Å². The normalized spacial score (nSPS) is 14.3. The van der Waals surface area contributed by atoms with Gasteiger partial charge in [-0.3, -0.25) is 10.1 Å². The summed E-state index contributed by atoms with van der Waals surface area (Å²) in [5, 5.41) is 14.2. The van der Waals surface area contributed by atoms with Crippen molar-refractivity contribution in [2.24, 2.45) is 5.92 Å². The molecule has 0 amide bonds. The zero-order chi connectivity index (χ0) is 12.8. The van der Waals surface area contributed by atoms with E-state index >= 15 is 0 Å². The van der Waals surface area contributed by atoms with Crippen LogP contribution in [0.1, 0.15) is 32.8 Å². The van der Waals surface area contributed by atoms with Gasteiger partial charge < -0.3 is 5.32 Å². The summed E-state index contributed by atoms with van der Waals surface area (Å²) in [6.07, 6.45) is 1.10. The van der Waals surface area contributed by atoms with Crippen molar-refractivity contribution in [3.05, 3.63) is 39.9 Å². The maximum atomic E-state index is 10.8. The molecule has 0 saturated carbocycles. The Hall–Kier alpha value is -1.42. The molecule has 1 aromatic carbocycles. The fourth-order valence-corrected chi connectivity index (χ4v) is 1.66. The van der Waals surface area contributed by atoms with Crippen molar-refractivity contribution in [3.63, 3.8) is 0 Å². The number of benzene rings is 1. The molecule has 1 aromatic rings. The van der Waals surface area contributed by atoms with Gasteiger partial charge in [-0.05, 0) is 12.8 Å². The van der Waals surface area contributed by atoms with E-state index in [-0.39, 0.29) is 10.6 Å². The van der Waals surface area contributed by atoms with Gasteiger partial charge in [-0.1, -0.05) is 38.5 Å². The van der Waals surface area contributed by atoms with Crippen LogP contribution in [0, 0.1) is 16.0 Å². The molecule has 1 N–H and O–H groups in total.